The molecule has 3 aliphatic rings. The molecule has 5 atom stereocenters. The molecule has 136 valence electrons. The standard InChI is InChI=1S/C20H27NO4/c1-11(21-24)25-17-10-13(22)9-12-3-4-14-15(19(12)17)7-8-20(2)16(14)5-6-18(20)23/h9-10,14-16,18,22-24H,3-8H2,1-2H3/t14-,15+,16+,18-,20+/m1/s1. The van der Waals surface area contributed by atoms with Gasteiger partial charge in [0.25, 0.3) is 0 Å². The van der Waals surface area contributed by atoms with Crippen LogP contribution in [0.4, 0.5) is 0 Å². The Bertz CT molecular complexity index is 716. The average Bonchev–Trinajstić information content (AvgIpc) is 2.89. The van der Waals surface area contributed by atoms with Crippen LogP contribution in [0, 0.1) is 17.3 Å². The van der Waals surface area contributed by atoms with Gasteiger partial charge in [0.2, 0.25) is 5.90 Å². The zero-order valence-corrected chi connectivity index (χ0v) is 14.9. The van der Waals surface area contributed by atoms with Gasteiger partial charge in [-0.05, 0) is 73.3 Å². The van der Waals surface area contributed by atoms with Crippen LogP contribution >= 0.6 is 0 Å². The zero-order chi connectivity index (χ0) is 17.8. The van der Waals surface area contributed by atoms with E-state index in [1.165, 1.54) is 5.56 Å². The predicted molar refractivity (Wildman–Crippen MR) is 94.3 cm³/mol. The van der Waals surface area contributed by atoms with Crippen molar-refractivity contribution in [1.82, 2.24) is 0 Å². The third kappa shape index (κ3) is 2.51. The van der Waals surface area contributed by atoms with E-state index in [0.29, 0.717) is 23.5 Å². The summed E-state index contributed by atoms with van der Waals surface area (Å²) in [5.41, 5.74) is 2.35. The summed E-state index contributed by atoms with van der Waals surface area (Å²) in [6, 6.07) is 3.48. The Hall–Kier alpha value is -1.75. The number of phenols is 1. The lowest BCUT2D eigenvalue weighted by Crippen LogP contribution is -2.44. The summed E-state index contributed by atoms with van der Waals surface area (Å²) in [5, 5.41) is 32.7. The van der Waals surface area contributed by atoms with E-state index in [9.17, 15) is 10.2 Å². The quantitative estimate of drug-likeness (QED) is 0.313. The summed E-state index contributed by atoms with van der Waals surface area (Å²) < 4.78 is 5.74. The summed E-state index contributed by atoms with van der Waals surface area (Å²) in [7, 11) is 0. The smallest absolute Gasteiger partial charge is 0.228 e. The van der Waals surface area contributed by atoms with Crippen LogP contribution in [-0.4, -0.2) is 27.4 Å². The molecular formula is C20H27NO4. The molecule has 5 heteroatoms. The van der Waals surface area contributed by atoms with Gasteiger partial charge >= 0.3 is 0 Å². The molecular weight excluding hydrogens is 318 g/mol. The third-order valence-electron chi connectivity index (χ3n) is 7.12. The second-order valence-corrected chi connectivity index (χ2v) is 8.29. The largest absolute Gasteiger partial charge is 0.508 e. The minimum Gasteiger partial charge on any atom is -0.508 e. The van der Waals surface area contributed by atoms with Gasteiger partial charge in [-0.3, -0.25) is 0 Å². The Balaban J connectivity index is 1.74. The second-order valence-electron chi connectivity index (χ2n) is 8.29. The van der Waals surface area contributed by atoms with Crippen molar-refractivity contribution >= 4 is 5.90 Å². The van der Waals surface area contributed by atoms with E-state index in [1.807, 2.05) is 6.07 Å². The Morgan fingerprint density at radius 1 is 1.24 bits per heavy atom. The van der Waals surface area contributed by atoms with Crippen LogP contribution in [0.5, 0.6) is 11.5 Å². The lowest BCUT2D eigenvalue weighted by molar-refractivity contribution is -0.0228. The summed E-state index contributed by atoms with van der Waals surface area (Å²) in [4.78, 5) is 0. The minimum absolute atomic E-state index is 0.0408. The molecule has 0 bridgehead atoms. The lowest BCUT2D eigenvalue weighted by Gasteiger charge is -2.50. The Morgan fingerprint density at radius 3 is 2.80 bits per heavy atom. The highest BCUT2D eigenvalue weighted by atomic mass is 16.5. The van der Waals surface area contributed by atoms with Crippen molar-refractivity contribution < 1.29 is 20.2 Å². The minimum atomic E-state index is -0.181. The van der Waals surface area contributed by atoms with Gasteiger partial charge in [0, 0.05) is 18.6 Å². The first kappa shape index (κ1) is 16.7. The number of oxime groups is 1. The van der Waals surface area contributed by atoms with Gasteiger partial charge in [0.05, 0.1) is 6.10 Å². The fourth-order valence-corrected chi connectivity index (χ4v) is 5.90. The summed E-state index contributed by atoms with van der Waals surface area (Å²) >= 11 is 0. The van der Waals surface area contributed by atoms with Crippen molar-refractivity contribution in [2.24, 2.45) is 22.4 Å². The summed E-state index contributed by atoms with van der Waals surface area (Å²) in [6.45, 7) is 3.86. The molecule has 0 saturated heterocycles. The van der Waals surface area contributed by atoms with Crippen molar-refractivity contribution in [3.63, 3.8) is 0 Å². The number of aliphatic hydroxyl groups is 1. The van der Waals surface area contributed by atoms with Crippen molar-refractivity contribution in [2.45, 2.75) is 64.4 Å². The van der Waals surface area contributed by atoms with Crippen LogP contribution in [0.2, 0.25) is 0 Å². The highest BCUT2D eigenvalue weighted by Gasteiger charge is 2.54. The van der Waals surface area contributed by atoms with Crippen molar-refractivity contribution in [1.29, 1.82) is 0 Å². The number of aliphatic hydroxyl groups excluding tert-OH is 1. The topological polar surface area (TPSA) is 82.3 Å². The van der Waals surface area contributed by atoms with Crippen LogP contribution < -0.4 is 4.74 Å². The molecule has 3 aliphatic carbocycles. The third-order valence-corrected chi connectivity index (χ3v) is 7.12. The monoisotopic (exact) mass is 345 g/mol. The van der Waals surface area contributed by atoms with Gasteiger partial charge in [-0.15, -0.1) is 0 Å². The first-order chi connectivity index (χ1) is 11.9. The molecule has 0 aliphatic heterocycles. The maximum Gasteiger partial charge on any atom is 0.228 e. The number of fused-ring (bicyclic) bond motifs is 5. The van der Waals surface area contributed by atoms with Gasteiger partial charge in [0.15, 0.2) is 0 Å². The van der Waals surface area contributed by atoms with Crippen molar-refractivity contribution in [3.05, 3.63) is 23.3 Å². The van der Waals surface area contributed by atoms with Crippen LogP contribution in [0.15, 0.2) is 17.3 Å². The second kappa shape index (κ2) is 5.90. The highest BCUT2D eigenvalue weighted by molar-refractivity contribution is 5.76. The molecule has 0 heterocycles. The normalized spacial score (nSPS) is 37.2. The Morgan fingerprint density at radius 2 is 2.04 bits per heavy atom. The molecule has 1 aromatic carbocycles. The number of nitrogens with zero attached hydrogens (tertiary/aromatic N) is 1. The number of rotatable bonds is 1. The molecule has 0 unspecified atom stereocenters. The summed E-state index contributed by atoms with van der Waals surface area (Å²) in [6.07, 6.45) is 5.89. The van der Waals surface area contributed by atoms with Gasteiger partial charge in [-0.2, -0.15) is 0 Å². The van der Waals surface area contributed by atoms with Crippen molar-refractivity contribution in [2.75, 3.05) is 0 Å². The van der Waals surface area contributed by atoms with E-state index in [1.54, 1.807) is 13.0 Å². The first-order valence-electron chi connectivity index (χ1n) is 9.34. The van der Waals surface area contributed by atoms with Crippen LogP contribution in [0.25, 0.3) is 0 Å². The maximum absolute atomic E-state index is 10.5. The SMILES string of the molecule is CC(=NO)Oc1cc(O)cc2c1[C@H]1CC[C@]3(C)[C@H](O)CC[C@H]3[C@@H]1CC2. The van der Waals surface area contributed by atoms with E-state index >= 15 is 0 Å². The zero-order valence-electron chi connectivity index (χ0n) is 14.9. The van der Waals surface area contributed by atoms with E-state index < -0.39 is 0 Å². The predicted octanol–water partition coefficient (Wildman–Crippen LogP) is 3.80. The van der Waals surface area contributed by atoms with Crippen molar-refractivity contribution in [3.8, 4) is 11.5 Å². The number of aromatic hydroxyl groups is 1. The van der Waals surface area contributed by atoms with Gasteiger partial charge in [-0.25, -0.2) is 0 Å². The Labute approximate surface area is 148 Å². The molecule has 2 fully saturated rings. The van der Waals surface area contributed by atoms with Gasteiger partial charge < -0.3 is 20.2 Å². The van der Waals surface area contributed by atoms with Gasteiger partial charge in [-0.1, -0.05) is 12.1 Å². The van der Waals surface area contributed by atoms with Gasteiger partial charge in [0.1, 0.15) is 11.5 Å². The molecule has 0 aromatic heterocycles. The molecule has 0 amide bonds. The molecule has 1 aromatic rings. The first-order valence-corrected chi connectivity index (χ1v) is 9.34. The van der Waals surface area contributed by atoms with Crippen LogP contribution in [-0.2, 0) is 6.42 Å². The number of phenolic OH excluding ortho intramolecular Hbond substituents is 1. The van der Waals surface area contributed by atoms with Crippen LogP contribution in [0.3, 0.4) is 0 Å². The number of hydrogen-bond donors (Lipinski definition) is 3. The fourth-order valence-electron chi connectivity index (χ4n) is 5.90. The van der Waals surface area contributed by atoms with E-state index in [-0.39, 0.29) is 23.2 Å². The molecule has 25 heavy (non-hydrogen) atoms. The molecule has 0 spiro atoms. The van der Waals surface area contributed by atoms with E-state index in [0.717, 1.165) is 44.1 Å². The molecule has 2 saturated carbocycles. The molecule has 3 N–H and O–H groups in total. The molecule has 4 rings (SSSR count). The average molecular weight is 345 g/mol. The Kier molecular flexibility index (Phi) is 3.95. The fraction of sp³-hybridized carbons (Fsp3) is 0.650. The number of benzene rings is 1. The van der Waals surface area contributed by atoms with E-state index in [4.69, 9.17) is 9.94 Å². The number of hydrogen-bond acceptors (Lipinski definition) is 5. The van der Waals surface area contributed by atoms with E-state index in [2.05, 4.69) is 12.1 Å². The maximum atomic E-state index is 10.5. The number of aryl methyl sites for hydroxylation is 1. The molecule has 5 nitrogen and oxygen atoms in total. The lowest BCUT2D eigenvalue weighted by atomic mass is 9.55. The van der Waals surface area contributed by atoms with Crippen LogP contribution in [0.1, 0.15) is 63.0 Å². The molecule has 0 radical (unpaired) electrons. The number of ether oxygens (including phenoxy) is 1. The summed E-state index contributed by atoms with van der Waals surface area (Å²) in [5.74, 6) is 2.45. The highest BCUT2D eigenvalue weighted by Crippen LogP contribution is 2.62.